The van der Waals surface area contributed by atoms with Gasteiger partial charge in [0.05, 0.1) is 10.0 Å². The van der Waals surface area contributed by atoms with Gasteiger partial charge >= 0.3 is 0 Å². The summed E-state index contributed by atoms with van der Waals surface area (Å²) < 4.78 is 12.2. The number of halogens is 3. The van der Waals surface area contributed by atoms with Gasteiger partial charge in [0.15, 0.2) is 12.4 Å². The number of carbonyl (C=O) groups excluding carboxylic acids is 1. The van der Waals surface area contributed by atoms with Gasteiger partial charge in [-0.15, -0.1) is 0 Å². The molecule has 6 rings (SSSR count). The molecule has 0 saturated heterocycles. The van der Waals surface area contributed by atoms with E-state index in [1.807, 2.05) is 24.3 Å². The average Bonchev–Trinajstić information content (AvgIpc) is 2.92. The van der Waals surface area contributed by atoms with Crippen LogP contribution in [0.2, 0.25) is 15.1 Å². The third kappa shape index (κ3) is 4.60. The smallest absolute Gasteiger partial charge is 0.225 e. The molecule has 192 valence electrons. The van der Waals surface area contributed by atoms with E-state index in [0.29, 0.717) is 38.0 Å². The molecular weight excluding hydrogens is 543 g/mol. The van der Waals surface area contributed by atoms with Crippen molar-refractivity contribution in [3.8, 4) is 17.4 Å². The zero-order chi connectivity index (χ0) is 26.4. The summed E-state index contributed by atoms with van der Waals surface area (Å²) in [7, 11) is 0. The Bertz CT molecular complexity index is 1570. The molecule has 0 fully saturated rings. The highest BCUT2D eigenvalue weighted by Crippen LogP contribution is 2.51. The van der Waals surface area contributed by atoms with Crippen molar-refractivity contribution in [2.24, 2.45) is 0 Å². The van der Waals surface area contributed by atoms with Gasteiger partial charge in [-0.2, -0.15) is 0 Å². The SMILES string of the molecule is Nc1c2c(nc3c1C(c1ccc(Cl)c(Cl)c1)c1ccc(OCC(=O)c4ccc(Cl)cc4)cc1O3)CCCC2. The van der Waals surface area contributed by atoms with Crippen molar-refractivity contribution < 1.29 is 14.3 Å². The molecule has 4 aromatic rings. The zero-order valence-electron chi connectivity index (χ0n) is 20.3. The minimum atomic E-state index is -0.256. The van der Waals surface area contributed by atoms with E-state index < -0.39 is 0 Å². The van der Waals surface area contributed by atoms with E-state index in [4.69, 9.17) is 55.0 Å². The number of hydrogen-bond donors (Lipinski definition) is 1. The van der Waals surface area contributed by atoms with Crippen LogP contribution in [0.15, 0.2) is 60.7 Å². The molecule has 0 radical (unpaired) electrons. The summed E-state index contributed by atoms with van der Waals surface area (Å²) in [6.45, 7) is -0.119. The number of nitrogens with two attached hydrogens (primary N) is 1. The molecule has 0 spiro atoms. The third-order valence-corrected chi connectivity index (χ3v) is 8.12. The number of aromatic nitrogens is 1. The summed E-state index contributed by atoms with van der Waals surface area (Å²) in [5, 5.41) is 1.51. The van der Waals surface area contributed by atoms with Crippen LogP contribution in [0, 0.1) is 0 Å². The molecule has 1 aliphatic carbocycles. The zero-order valence-corrected chi connectivity index (χ0v) is 22.5. The van der Waals surface area contributed by atoms with E-state index in [1.54, 1.807) is 36.4 Å². The number of Topliss-reactive ketones (excluding diaryl/α,β-unsaturated/α-hetero) is 1. The van der Waals surface area contributed by atoms with Crippen LogP contribution >= 0.6 is 34.8 Å². The van der Waals surface area contributed by atoms with Crippen LogP contribution in [0.3, 0.4) is 0 Å². The molecule has 5 nitrogen and oxygen atoms in total. The predicted molar refractivity (Wildman–Crippen MR) is 150 cm³/mol. The molecule has 1 aromatic heterocycles. The van der Waals surface area contributed by atoms with Gasteiger partial charge in [-0.25, -0.2) is 4.98 Å². The summed E-state index contributed by atoms with van der Waals surface area (Å²) in [5.74, 6) is 1.18. The number of ketones is 1. The van der Waals surface area contributed by atoms with Crippen molar-refractivity contribution in [1.82, 2.24) is 4.98 Å². The van der Waals surface area contributed by atoms with Crippen LogP contribution in [0.4, 0.5) is 5.69 Å². The summed E-state index contributed by atoms with van der Waals surface area (Å²) in [6.07, 6.45) is 3.93. The molecule has 3 aromatic carbocycles. The van der Waals surface area contributed by atoms with Gasteiger partial charge in [0, 0.05) is 45.1 Å². The molecular formula is C30H23Cl3N2O3. The van der Waals surface area contributed by atoms with Crippen molar-refractivity contribution in [2.75, 3.05) is 12.3 Å². The van der Waals surface area contributed by atoms with Gasteiger partial charge in [-0.3, -0.25) is 4.79 Å². The number of anilines is 1. The van der Waals surface area contributed by atoms with Crippen LogP contribution in [0.5, 0.6) is 17.4 Å². The van der Waals surface area contributed by atoms with E-state index in [-0.39, 0.29) is 18.3 Å². The molecule has 1 unspecified atom stereocenters. The maximum Gasteiger partial charge on any atom is 0.225 e. The monoisotopic (exact) mass is 564 g/mol. The van der Waals surface area contributed by atoms with E-state index in [1.165, 1.54) is 0 Å². The van der Waals surface area contributed by atoms with Crippen LogP contribution in [-0.2, 0) is 12.8 Å². The first-order chi connectivity index (χ1) is 18.4. The Kier molecular flexibility index (Phi) is 6.68. The summed E-state index contributed by atoms with van der Waals surface area (Å²) in [6, 6.07) is 17.9. The first kappa shape index (κ1) is 25.1. The maximum atomic E-state index is 12.6. The highest BCUT2D eigenvalue weighted by Gasteiger charge is 2.35. The molecule has 8 heteroatoms. The number of carbonyl (C=O) groups is 1. The van der Waals surface area contributed by atoms with Crippen molar-refractivity contribution >= 4 is 46.3 Å². The Labute approximate surface area is 235 Å². The van der Waals surface area contributed by atoms with Crippen LogP contribution in [0.25, 0.3) is 0 Å². The number of benzene rings is 3. The second-order valence-electron chi connectivity index (χ2n) is 9.50. The van der Waals surface area contributed by atoms with Crippen LogP contribution < -0.4 is 15.2 Å². The van der Waals surface area contributed by atoms with E-state index in [0.717, 1.165) is 59.3 Å². The number of nitrogens with zero attached hydrogens (tertiary/aromatic N) is 1. The lowest BCUT2D eigenvalue weighted by atomic mass is 9.80. The van der Waals surface area contributed by atoms with E-state index >= 15 is 0 Å². The van der Waals surface area contributed by atoms with Crippen molar-refractivity contribution in [3.63, 3.8) is 0 Å². The number of aryl methyl sites for hydroxylation is 1. The highest BCUT2D eigenvalue weighted by atomic mass is 35.5. The second-order valence-corrected chi connectivity index (χ2v) is 10.8. The predicted octanol–water partition coefficient (Wildman–Crippen LogP) is 8.05. The molecule has 1 atom stereocenters. The number of hydrogen-bond acceptors (Lipinski definition) is 5. The molecule has 2 heterocycles. The van der Waals surface area contributed by atoms with Crippen LogP contribution in [0.1, 0.15) is 57.1 Å². The quantitative estimate of drug-likeness (QED) is 0.218. The minimum Gasteiger partial charge on any atom is -0.485 e. The lowest BCUT2D eigenvalue weighted by molar-refractivity contribution is 0.0921. The van der Waals surface area contributed by atoms with Gasteiger partial charge in [-0.1, -0.05) is 46.9 Å². The Hall–Kier alpha value is -3.25. The molecule has 0 amide bonds. The minimum absolute atomic E-state index is 0.119. The van der Waals surface area contributed by atoms with Crippen molar-refractivity contribution in [1.29, 1.82) is 0 Å². The summed E-state index contributed by atoms with van der Waals surface area (Å²) in [5.41, 5.74) is 12.8. The topological polar surface area (TPSA) is 74.4 Å². The molecule has 38 heavy (non-hydrogen) atoms. The third-order valence-electron chi connectivity index (χ3n) is 7.13. The lowest BCUT2D eigenvalue weighted by Crippen LogP contribution is -2.19. The number of fused-ring (bicyclic) bond motifs is 3. The second kappa shape index (κ2) is 10.1. The first-order valence-electron chi connectivity index (χ1n) is 12.4. The van der Waals surface area contributed by atoms with Gasteiger partial charge < -0.3 is 15.2 Å². The standard InChI is InChI=1S/C30H23Cl3N2O3/c31-18-8-5-16(6-9-18)25(36)15-37-19-10-11-21-26(14-19)38-30-28(27(21)17-7-12-22(32)23(33)13-17)29(34)20-3-1-2-4-24(20)35-30/h5-14,27H,1-4,15H2,(H2,34,35). The molecule has 1 aliphatic heterocycles. The molecule has 2 N–H and O–H groups in total. The highest BCUT2D eigenvalue weighted by molar-refractivity contribution is 6.42. The van der Waals surface area contributed by atoms with Gasteiger partial charge in [-0.05, 0) is 79.3 Å². The fourth-order valence-electron chi connectivity index (χ4n) is 5.22. The Morgan fingerprint density at radius 3 is 2.55 bits per heavy atom. The lowest BCUT2D eigenvalue weighted by Gasteiger charge is -2.32. The fourth-order valence-corrected chi connectivity index (χ4v) is 5.65. The Balaban J connectivity index is 1.38. The number of rotatable bonds is 5. The number of pyridine rings is 1. The van der Waals surface area contributed by atoms with Crippen molar-refractivity contribution in [2.45, 2.75) is 31.6 Å². The van der Waals surface area contributed by atoms with Gasteiger partial charge in [0.25, 0.3) is 0 Å². The maximum absolute atomic E-state index is 12.6. The van der Waals surface area contributed by atoms with E-state index in [9.17, 15) is 4.79 Å². The number of ether oxygens (including phenoxy) is 2. The van der Waals surface area contributed by atoms with Crippen molar-refractivity contribution in [3.05, 3.63) is 109 Å². The Morgan fingerprint density at radius 2 is 1.76 bits per heavy atom. The number of nitrogen functional groups attached to an aromatic ring is 1. The molecule has 2 aliphatic rings. The largest absolute Gasteiger partial charge is 0.485 e. The average molecular weight is 566 g/mol. The Morgan fingerprint density at radius 1 is 0.974 bits per heavy atom. The summed E-state index contributed by atoms with van der Waals surface area (Å²) >= 11 is 18.6. The molecule has 0 saturated carbocycles. The molecule has 0 bridgehead atoms. The van der Waals surface area contributed by atoms with Gasteiger partial charge in [0.2, 0.25) is 5.88 Å². The summed E-state index contributed by atoms with van der Waals surface area (Å²) in [4.78, 5) is 17.5. The van der Waals surface area contributed by atoms with E-state index in [2.05, 4.69) is 0 Å². The first-order valence-corrected chi connectivity index (χ1v) is 13.5. The fraction of sp³-hybridized carbons (Fsp3) is 0.200. The van der Waals surface area contributed by atoms with Gasteiger partial charge in [0.1, 0.15) is 11.5 Å². The normalized spacial score (nSPS) is 15.6. The van der Waals surface area contributed by atoms with Crippen LogP contribution in [-0.4, -0.2) is 17.4 Å².